The number of benzene rings is 1. The number of aromatic hydroxyl groups is 1. The van der Waals surface area contributed by atoms with Gasteiger partial charge < -0.3 is 5.11 Å². The molecule has 0 radical (unpaired) electrons. The molecule has 0 bridgehead atoms. The second-order valence-corrected chi connectivity index (χ2v) is 3.41. The maximum atomic E-state index is 13.2. The summed E-state index contributed by atoms with van der Waals surface area (Å²) in [4.78, 5) is 3.59. The van der Waals surface area contributed by atoms with Crippen molar-refractivity contribution in [1.82, 2.24) is 5.32 Å². The van der Waals surface area contributed by atoms with Crippen LogP contribution in [0.3, 0.4) is 0 Å². The third kappa shape index (κ3) is 2.84. The van der Waals surface area contributed by atoms with Crippen molar-refractivity contribution in [3.05, 3.63) is 23.8 Å². The number of rotatable bonds is 1. The van der Waals surface area contributed by atoms with E-state index in [1.807, 2.05) is 0 Å². The highest BCUT2D eigenvalue weighted by Gasteiger charge is 2.11. The number of hydrogen-bond donors (Lipinski definition) is 2. The van der Waals surface area contributed by atoms with E-state index in [0.29, 0.717) is 0 Å². The van der Waals surface area contributed by atoms with Crippen LogP contribution in [0.1, 0.15) is 0 Å². The highest BCUT2D eigenvalue weighted by atomic mass is 32.2. The van der Waals surface area contributed by atoms with E-state index in [-0.39, 0.29) is 5.17 Å². The van der Waals surface area contributed by atoms with Gasteiger partial charge in [0.1, 0.15) is 11.4 Å². The second kappa shape index (κ2) is 5.32. The summed E-state index contributed by atoms with van der Waals surface area (Å²) in [5, 5.41) is 19.5. The number of nitriles is 1. The van der Waals surface area contributed by atoms with Crippen LogP contribution in [0.15, 0.2) is 17.1 Å². The van der Waals surface area contributed by atoms with Crippen molar-refractivity contribution in [3.63, 3.8) is 0 Å². The SMILES string of the molecule is CSC(=Nc1c(F)cc(O)cc1F)NC#N. The number of phenolic OH excluding ortho intramolecular Hbond substituents is 1. The minimum absolute atomic E-state index is 0.0611. The molecule has 0 saturated carbocycles. The third-order valence-corrected chi connectivity index (χ3v) is 2.15. The fraction of sp³-hybridized carbons (Fsp3) is 0.111. The van der Waals surface area contributed by atoms with E-state index in [1.54, 1.807) is 12.4 Å². The van der Waals surface area contributed by atoms with Crippen molar-refractivity contribution in [1.29, 1.82) is 5.26 Å². The van der Waals surface area contributed by atoms with E-state index in [4.69, 9.17) is 10.4 Å². The lowest BCUT2D eigenvalue weighted by Gasteiger charge is -2.03. The van der Waals surface area contributed by atoms with E-state index in [2.05, 4.69) is 10.3 Å². The first kappa shape index (κ1) is 12.3. The Hall–Kier alpha value is -1.81. The van der Waals surface area contributed by atoms with Crippen molar-refractivity contribution in [2.75, 3.05) is 6.26 Å². The van der Waals surface area contributed by atoms with Gasteiger partial charge in [0, 0.05) is 12.1 Å². The van der Waals surface area contributed by atoms with E-state index in [1.165, 1.54) is 0 Å². The molecule has 0 aliphatic rings. The second-order valence-electron chi connectivity index (χ2n) is 2.62. The lowest BCUT2D eigenvalue weighted by atomic mass is 10.3. The van der Waals surface area contributed by atoms with Gasteiger partial charge in [-0.1, -0.05) is 11.8 Å². The summed E-state index contributed by atoms with van der Waals surface area (Å²) >= 11 is 1.03. The van der Waals surface area contributed by atoms with Gasteiger partial charge >= 0.3 is 0 Å². The Morgan fingerprint density at radius 2 is 2.06 bits per heavy atom. The quantitative estimate of drug-likeness (QED) is 0.343. The van der Waals surface area contributed by atoms with Crippen LogP contribution in [0.25, 0.3) is 0 Å². The van der Waals surface area contributed by atoms with Crippen molar-refractivity contribution >= 4 is 22.6 Å². The molecule has 7 heteroatoms. The first-order chi connectivity index (χ1) is 7.58. The molecule has 0 heterocycles. The maximum absolute atomic E-state index is 13.2. The average Bonchev–Trinajstić information content (AvgIpc) is 2.21. The number of nitrogens with one attached hydrogen (secondary N) is 1. The summed E-state index contributed by atoms with van der Waals surface area (Å²) in [6.45, 7) is 0. The predicted molar refractivity (Wildman–Crippen MR) is 57.4 cm³/mol. The van der Waals surface area contributed by atoms with Gasteiger partial charge in [0.15, 0.2) is 23.0 Å². The van der Waals surface area contributed by atoms with Crippen molar-refractivity contribution in [2.24, 2.45) is 4.99 Å². The molecule has 0 aliphatic carbocycles. The van der Waals surface area contributed by atoms with Crippen LogP contribution in [-0.2, 0) is 0 Å². The van der Waals surface area contributed by atoms with Gasteiger partial charge in [0.05, 0.1) is 0 Å². The average molecular weight is 243 g/mol. The molecule has 1 aromatic rings. The zero-order valence-corrected chi connectivity index (χ0v) is 8.98. The normalized spacial score (nSPS) is 11.0. The molecule has 4 nitrogen and oxygen atoms in total. The van der Waals surface area contributed by atoms with Crippen LogP contribution < -0.4 is 5.32 Å². The molecule has 16 heavy (non-hydrogen) atoms. The Labute approximate surface area is 94.6 Å². The minimum atomic E-state index is -0.996. The van der Waals surface area contributed by atoms with Gasteiger partial charge in [-0.05, 0) is 6.26 Å². The molecular weight excluding hydrogens is 236 g/mol. The summed E-state index contributed by atoms with van der Waals surface area (Å²) in [5.41, 5.74) is -0.551. The number of aliphatic imine (C=N–C) groups is 1. The van der Waals surface area contributed by atoms with Crippen LogP contribution in [0, 0.1) is 23.1 Å². The zero-order chi connectivity index (χ0) is 12.1. The number of thioether (sulfide) groups is 1. The van der Waals surface area contributed by atoms with E-state index < -0.39 is 23.1 Å². The highest BCUT2D eigenvalue weighted by Crippen LogP contribution is 2.27. The Morgan fingerprint density at radius 3 is 2.50 bits per heavy atom. The molecule has 0 aromatic heterocycles. The number of hydrogen-bond acceptors (Lipinski definition) is 4. The van der Waals surface area contributed by atoms with Crippen molar-refractivity contribution in [2.45, 2.75) is 0 Å². The Kier molecular flexibility index (Phi) is 4.08. The largest absolute Gasteiger partial charge is 0.508 e. The Morgan fingerprint density at radius 1 is 1.50 bits per heavy atom. The first-order valence-electron chi connectivity index (χ1n) is 4.04. The van der Waals surface area contributed by atoms with E-state index >= 15 is 0 Å². The fourth-order valence-electron chi connectivity index (χ4n) is 0.933. The summed E-state index contributed by atoms with van der Waals surface area (Å²) in [5.74, 6) is -2.51. The van der Waals surface area contributed by atoms with Crippen LogP contribution >= 0.6 is 11.8 Å². The standard InChI is InChI=1S/C9H7F2N3OS/c1-16-9(13-4-12)14-8-6(10)2-5(15)3-7(8)11/h2-3,15H,1H3,(H,13,14). The smallest absolute Gasteiger partial charge is 0.183 e. The summed E-state index contributed by atoms with van der Waals surface area (Å²) in [7, 11) is 0. The molecule has 1 rings (SSSR count). The van der Waals surface area contributed by atoms with E-state index in [0.717, 1.165) is 23.9 Å². The molecule has 0 amide bonds. The van der Waals surface area contributed by atoms with Gasteiger partial charge in [-0.15, -0.1) is 0 Å². The molecule has 0 fully saturated rings. The van der Waals surface area contributed by atoms with Crippen molar-refractivity contribution < 1.29 is 13.9 Å². The monoisotopic (exact) mass is 243 g/mol. The molecule has 0 spiro atoms. The van der Waals surface area contributed by atoms with Gasteiger partial charge in [-0.25, -0.2) is 13.8 Å². The lowest BCUT2D eigenvalue weighted by molar-refractivity contribution is 0.461. The number of amidine groups is 1. The molecule has 2 N–H and O–H groups in total. The highest BCUT2D eigenvalue weighted by molar-refractivity contribution is 8.13. The predicted octanol–water partition coefficient (Wildman–Crippen LogP) is 2.09. The lowest BCUT2D eigenvalue weighted by Crippen LogP contribution is -2.12. The van der Waals surface area contributed by atoms with Crippen LogP contribution in [0.4, 0.5) is 14.5 Å². The third-order valence-electron chi connectivity index (χ3n) is 1.57. The van der Waals surface area contributed by atoms with E-state index in [9.17, 15) is 8.78 Å². The van der Waals surface area contributed by atoms with Crippen LogP contribution in [0.5, 0.6) is 5.75 Å². The maximum Gasteiger partial charge on any atom is 0.183 e. The van der Waals surface area contributed by atoms with Gasteiger partial charge in [0.25, 0.3) is 0 Å². The fourth-order valence-corrected chi connectivity index (χ4v) is 1.26. The molecule has 0 unspecified atom stereocenters. The molecule has 1 aromatic carbocycles. The Bertz CT molecular complexity index is 447. The molecular formula is C9H7F2N3OS. The summed E-state index contributed by atoms with van der Waals surface area (Å²) < 4.78 is 26.4. The first-order valence-corrected chi connectivity index (χ1v) is 5.26. The van der Waals surface area contributed by atoms with Crippen LogP contribution in [-0.4, -0.2) is 16.5 Å². The zero-order valence-electron chi connectivity index (χ0n) is 8.16. The minimum Gasteiger partial charge on any atom is -0.508 e. The van der Waals surface area contributed by atoms with Gasteiger partial charge in [-0.3, -0.25) is 5.32 Å². The molecule has 0 aliphatic heterocycles. The molecule has 84 valence electrons. The van der Waals surface area contributed by atoms with Gasteiger partial charge in [-0.2, -0.15) is 5.26 Å². The Balaban J connectivity index is 3.19. The van der Waals surface area contributed by atoms with Gasteiger partial charge in [0.2, 0.25) is 0 Å². The van der Waals surface area contributed by atoms with Crippen LogP contribution in [0.2, 0.25) is 0 Å². The number of phenols is 1. The topological polar surface area (TPSA) is 68.4 Å². The summed E-state index contributed by atoms with van der Waals surface area (Å²) in [6, 6.07) is 1.48. The molecule has 0 atom stereocenters. The number of nitrogens with zero attached hydrogens (tertiary/aromatic N) is 2. The van der Waals surface area contributed by atoms with Crippen molar-refractivity contribution in [3.8, 4) is 11.9 Å². The number of halogens is 2. The summed E-state index contributed by atoms with van der Waals surface area (Å²) in [6.07, 6.45) is 3.19. The molecule has 0 saturated heterocycles.